The highest BCUT2D eigenvalue weighted by Crippen LogP contribution is 2.26. The summed E-state index contributed by atoms with van der Waals surface area (Å²) in [5, 5.41) is 16.6. The molecular weight excluding hydrogens is 242 g/mol. The summed E-state index contributed by atoms with van der Waals surface area (Å²) >= 11 is 1.50. The van der Waals surface area contributed by atoms with Gasteiger partial charge in [0.2, 0.25) is 12.1 Å². The van der Waals surface area contributed by atoms with Crippen LogP contribution in [0, 0.1) is 10.1 Å². The predicted molar refractivity (Wildman–Crippen MR) is 64.0 cm³/mol. The second-order valence-electron chi connectivity index (χ2n) is 3.52. The highest BCUT2D eigenvalue weighted by atomic mass is 32.1. The van der Waals surface area contributed by atoms with Crippen molar-refractivity contribution in [2.24, 2.45) is 7.05 Å². The molecule has 0 saturated heterocycles. The Balaban J connectivity index is 2.24. The standard InChI is InChI=1S/C9H11N5O2S/c1-6(9-10-3-4-17-9)12-8-7(14(15)16)11-5-13(8)2/h3-6,12H,1-2H3. The molecule has 2 heterocycles. The van der Waals surface area contributed by atoms with Crippen molar-refractivity contribution in [3.63, 3.8) is 0 Å². The fourth-order valence-electron chi connectivity index (χ4n) is 1.43. The minimum absolute atomic E-state index is 0.0934. The van der Waals surface area contributed by atoms with Crippen LogP contribution in [0.1, 0.15) is 18.0 Å². The molecule has 2 aromatic rings. The fraction of sp³-hybridized carbons (Fsp3) is 0.333. The average molecular weight is 253 g/mol. The van der Waals surface area contributed by atoms with E-state index in [4.69, 9.17) is 0 Å². The lowest BCUT2D eigenvalue weighted by atomic mass is 10.3. The third-order valence-electron chi connectivity index (χ3n) is 2.27. The molecule has 0 fully saturated rings. The van der Waals surface area contributed by atoms with Crippen LogP contribution in [-0.4, -0.2) is 19.5 Å². The normalized spacial score (nSPS) is 12.4. The summed E-state index contributed by atoms with van der Waals surface area (Å²) in [4.78, 5) is 18.2. The number of hydrogen-bond acceptors (Lipinski definition) is 6. The molecule has 2 aromatic heterocycles. The van der Waals surface area contributed by atoms with E-state index in [2.05, 4.69) is 15.3 Å². The van der Waals surface area contributed by atoms with Gasteiger partial charge in [-0.25, -0.2) is 4.98 Å². The molecular formula is C9H11N5O2S. The number of nitrogens with zero attached hydrogens (tertiary/aromatic N) is 4. The number of nitrogens with one attached hydrogen (secondary N) is 1. The molecule has 0 spiro atoms. The van der Waals surface area contributed by atoms with Gasteiger partial charge in [-0.2, -0.15) is 0 Å². The Hall–Kier alpha value is -1.96. The molecule has 7 nitrogen and oxygen atoms in total. The van der Waals surface area contributed by atoms with E-state index < -0.39 is 4.92 Å². The number of nitro groups is 1. The number of thiazole rings is 1. The van der Waals surface area contributed by atoms with Gasteiger partial charge in [0, 0.05) is 18.6 Å². The number of aromatic nitrogens is 3. The quantitative estimate of drug-likeness (QED) is 0.665. The molecule has 1 unspecified atom stereocenters. The molecule has 0 aromatic carbocycles. The van der Waals surface area contributed by atoms with Gasteiger partial charge in [-0.05, 0) is 16.8 Å². The summed E-state index contributed by atoms with van der Waals surface area (Å²) in [6.07, 6.45) is 3.12. The van der Waals surface area contributed by atoms with E-state index >= 15 is 0 Å². The summed E-state index contributed by atoms with van der Waals surface area (Å²) < 4.78 is 1.59. The first-order valence-corrected chi connectivity index (χ1v) is 5.79. The number of hydrogen-bond donors (Lipinski definition) is 1. The fourth-order valence-corrected chi connectivity index (χ4v) is 2.08. The minimum atomic E-state index is -0.503. The van der Waals surface area contributed by atoms with E-state index in [0.29, 0.717) is 5.82 Å². The SMILES string of the molecule is CC(Nc1c([N+](=O)[O-])ncn1C)c1nccs1. The second-order valence-corrected chi connectivity index (χ2v) is 4.45. The molecule has 17 heavy (non-hydrogen) atoms. The van der Waals surface area contributed by atoms with Crippen LogP contribution in [0.25, 0.3) is 0 Å². The topological polar surface area (TPSA) is 85.9 Å². The minimum Gasteiger partial charge on any atom is -0.358 e. The van der Waals surface area contributed by atoms with Gasteiger partial charge in [0.15, 0.2) is 0 Å². The third kappa shape index (κ3) is 2.26. The van der Waals surface area contributed by atoms with Gasteiger partial charge < -0.3 is 15.4 Å². The Morgan fingerprint density at radius 3 is 2.94 bits per heavy atom. The van der Waals surface area contributed by atoms with E-state index in [-0.39, 0.29) is 11.9 Å². The highest BCUT2D eigenvalue weighted by Gasteiger charge is 2.22. The lowest BCUT2D eigenvalue weighted by Gasteiger charge is -2.11. The maximum absolute atomic E-state index is 10.8. The van der Waals surface area contributed by atoms with E-state index in [1.807, 2.05) is 12.3 Å². The van der Waals surface area contributed by atoms with E-state index in [0.717, 1.165) is 5.01 Å². The molecule has 0 aliphatic heterocycles. The molecule has 2 rings (SSSR count). The first-order valence-electron chi connectivity index (χ1n) is 4.91. The van der Waals surface area contributed by atoms with Gasteiger partial charge in [-0.3, -0.25) is 4.57 Å². The Kier molecular flexibility index (Phi) is 3.05. The second kappa shape index (κ2) is 4.50. The Bertz CT molecular complexity index is 521. The molecule has 90 valence electrons. The maximum atomic E-state index is 10.8. The molecule has 1 atom stereocenters. The van der Waals surface area contributed by atoms with Crippen molar-refractivity contribution in [2.45, 2.75) is 13.0 Å². The lowest BCUT2D eigenvalue weighted by molar-refractivity contribution is -0.388. The van der Waals surface area contributed by atoms with E-state index in [9.17, 15) is 10.1 Å². The summed E-state index contributed by atoms with van der Waals surface area (Å²) in [6, 6.07) is -0.0934. The third-order valence-corrected chi connectivity index (χ3v) is 3.22. The van der Waals surface area contributed by atoms with E-state index in [1.165, 1.54) is 17.7 Å². The van der Waals surface area contributed by atoms with Crippen molar-refractivity contribution >= 4 is 23.0 Å². The zero-order chi connectivity index (χ0) is 12.4. The average Bonchev–Trinajstić information content (AvgIpc) is 2.89. The Labute approximate surface area is 101 Å². The van der Waals surface area contributed by atoms with Crippen molar-refractivity contribution in [1.29, 1.82) is 0 Å². The van der Waals surface area contributed by atoms with Gasteiger partial charge in [-0.15, -0.1) is 11.3 Å². The maximum Gasteiger partial charge on any atom is 0.406 e. The van der Waals surface area contributed by atoms with Gasteiger partial charge in [0.05, 0.1) is 6.04 Å². The predicted octanol–water partition coefficient (Wildman–Crippen LogP) is 1.96. The molecule has 1 N–H and O–H groups in total. The van der Waals surface area contributed by atoms with Crippen LogP contribution in [0.2, 0.25) is 0 Å². The molecule has 0 radical (unpaired) electrons. The number of anilines is 1. The highest BCUT2D eigenvalue weighted by molar-refractivity contribution is 7.09. The first kappa shape index (κ1) is 11.5. The molecule has 0 amide bonds. The van der Waals surface area contributed by atoms with Crippen LogP contribution in [0.15, 0.2) is 17.9 Å². The van der Waals surface area contributed by atoms with Crippen LogP contribution in [0.5, 0.6) is 0 Å². The first-order chi connectivity index (χ1) is 8.09. The van der Waals surface area contributed by atoms with Crippen LogP contribution >= 0.6 is 11.3 Å². The van der Waals surface area contributed by atoms with Gasteiger partial charge in [0.1, 0.15) is 5.01 Å². The largest absolute Gasteiger partial charge is 0.406 e. The van der Waals surface area contributed by atoms with Crippen molar-refractivity contribution in [3.8, 4) is 0 Å². The van der Waals surface area contributed by atoms with Crippen LogP contribution in [0.4, 0.5) is 11.6 Å². The number of imidazole rings is 1. The summed E-state index contributed by atoms with van der Waals surface area (Å²) in [6.45, 7) is 1.90. The molecule has 0 aliphatic rings. The van der Waals surface area contributed by atoms with E-state index in [1.54, 1.807) is 17.8 Å². The smallest absolute Gasteiger partial charge is 0.358 e. The summed E-state index contributed by atoms with van der Waals surface area (Å²) in [5.74, 6) is 0.216. The Morgan fingerprint density at radius 2 is 2.35 bits per heavy atom. The molecule has 0 saturated carbocycles. The zero-order valence-corrected chi connectivity index (χ0v) is 10.1. The Morgan fingerprint density at radius 1 is 1.59 bits per heavy atom. The summed E-state index contributed by atoms with van der Waals surface area (Å²) in [7, 11) is 1.71. The zero-order valence-electron chi connectivity index (χ0n) is 9.32. The molecule has 8 heteroatoms. The lowest BCUT2D eigenvalue weighted by Crippen LogP contribution is -2.10. The van der Waals surface area contributed by atoms with Gasteiger partial charge in [-0.1, -0.05) is 0 Å². The van der Waals surface area contributed by atoms with Crippen molar-refractivity contribution in [2.75, 3.05) is 5.32 Å². The van der Waals surface area contributed by atoms with Crippen molar-refractivity contribution < 1.29 is 4.92 Å². The van der Waals surface area contributed by atoms with Crippen molar-refractivity contribution in [3.05, 3.63) is 33.0 Å². The molecule has 0 aliphatic carbocycles. The number of rotatable bonds is 4. The summed E-state index contributed by atoms with van der Waals surface area (Å²) in [5.41, 5.74) is 0. The van der Waals surface area contributed by atoms with Gasteiger partial charge >= 0.3 is 5.82 Å². The molecule has 0 bridgehead atoms. The van der Waals surface area contributed by atoms with Crippen LogP contribution in [-0.2, 0) is 7.05 Å². The number of aryl methyl sites for hydroxylation is 1. The van der Waals surface area contributed by atoms with Gasteiger partial charge in [0.25, 0.3) is 0 Å². The van der Waals surface area contributed by atoms with Crippen LogP contribution in [0.3, 0.4) is 0 Å². The van der Waals surface area contributed by atoms with Crippen LogP contribution < -0.4 is 5.32 Å². The van der Waals surface area contributed by atoms with Crippen molar-refractivity contribution in [1.82, 2.24) is 14.5 Å². The monoisotopic (exact) mass is 253 g/mol.